The van der Waals surface area contributed by atoms with Gasteiger partial charge in [0.15, 0.2) is 0 Å². The molecule has 1 fully saturated rings. The molecule has 2 amide bonds. The smallest absolute Gasteiger partial charge is 0.252 e. The fraction of sp³-hybridized carbons (Fsp3) is 0.368. The third-order valence-corrected chi connectivity index (χ3v) is 5.21. The quantitative estimate of drug-likeness (QED) is 0.864. The number of thiophene rings is 1. The van der Waals surface area contributed by atoms with E-state index < -0.39 is 0 Å². The van der Waals surface area contributed by atoms with Crippen LogP contribution in [0.3, 0.4) is 0 Å². The van der Waals surface area contributed by atoms with Crippen LogP contribution in [0.25, 0.3) is 0 Å². The number of carbonyl (C=O) groups is 2. The molecular weight excluding hydrogens is 336 g/mol. The first kappa shape index (κ1) is 17.5. The van der Waals surface area contributed by atoms with Crippen LogP contribution in [0.4, 0.5) is 0 Å². The molecule has 1 aromatic carbocycles. The molecule has 1 aliphatic heterocycles. The maximum Gasteiger partial charge on any atom is 0.252 e. The van der Waals surface area contributed by atoms with E-state index in [4.69, 9.17) is 4.74 Å². The minimum Gasteiger partial charge on any atom is -0.496 e. The van der Waals surface area contributed by atoms with Gasteiger partial charge in [-0.25, -0.2) is 0 Å². The zero-order chi connectivity index (χ0) is 17.6. The summed E-state index contributed by atoms with van der Waals surface area (Å²) in [6, 6.07) is 9.82. The van der Waals surface area contributed by atoms with Crippen molar-refractivity contribution in [2.75, 3.05) is 20.2 Å². The topological polar surface area (TPSA) is 58.6 Å². The fourth-order valence-electron chi connectivity index (χ4n) is 3.25. The summed E-state index contributed by atoms with van der Waals surface area (Å²) in [6.45, 7) is 0.782. The van der Waals surface area contributed by atoms with Gasteiger partial charge in [0.1, 0.15) is 5.75 Å². The standard InChI is InChI=1S/C19H22N2O3S/c1-24-17-7-3-2-5-14(17)11-16-6-4-9-21(16)18(22)12-20-19(23)15-8-10-25-13-15/h2-3,5,7-8,10,13,16H,4,6,9,11-12H2,1H3,(H,20,23)/t16-/m1/s1. The number of ether oxygens (including phenoxy) is 1. The van der Waals surface area contributed by atoms with Crippen molar-refractivity contribution in [1.29, 1.82) is 0 Å². The van der Waals surface area contributed by atoms with Crippen LogP contribution in [0, 0.1) is 0 Å². The third kappa shape index (κ3) is 4.20. The number of carbonyl (C=O) groups excluding carboxylic acids is 2. The Hall–Kier alpha value is -2.34. The van der Waals surface area contributed by atoms with Gasteiger partial charge in [0, 0.05) is 23.5 Å². The number of likely N-dealkylation sites (tertiary alicyclic amines) is 1. The van der Waals surface area contributed by atoms with Gasteiger partial charge >= 0.3 is 0 Å². The molecule has 1 aliphatic rings. The van der Waals surface area contributed by atoms with E-state index in [0.29, 0.717) is 5.56 Å². The van der Waals surface area contributed by atoms with Crippen LogP contribution in [0.5, 0.6) is 5.75 Å². The first-order valence-electron chi connectivity index (χ1n) is 8.41. The first-order valence-corrected chi connectivity index (χ1v) is 9.35. The lowest BCUT2D eigenvalue weighted by molar-refractivity contribution is -0.130. The average Bonchev–Trinajstić information content (AvgIpc) is 3.31. The maximum absolute atomic E-state index is 12.6. The second kappa shape index (κ2) is 8.16. The van der Waals surface area contributed by atoms with Crippen LogP contribution in [0.2, 0.25) is 0 Å². The summed E-state index contributed by atoms with van der Waals surface area (Å²) in [5.74, 6) is 0.628. The van der Waals surface area contributed by atoms with Gasteiger partial charge in [-0.05, 0) is 42.3 Å². The predicted octanol–water partition coefficient (Wildman–Crippen LogP) is 2.72. The van der Waals surface area contributed by atoms with E-state index >= 15 is 0 Å². The Kier molecular flexibility index (Phi) is 5.71. The zero-order valence-electron chi connectivity index (χ0n) is 14.2. The van der Waals surface area contributed by atoms with Crippen LogP contribution in [0.15, 0.2) is 41.1 Å². The number of hydrogen-bond donors (Lipinski definition) is 1. The van der Waals surface area contributed by atoms with Crippen LogP contribution in [-0.2, 0) is 11.2 Å². The van der Waals surface area contributed by atoms with Crippen LogP contribution in [-0.4, -0.2) is 43.0 Å². The number of hydrogen-bond acceptors (Lipinski definition) is 4. The van der Waals surface area contributed by atoms with Crippen molar-refractivity contribution >= 4 is 23.2 Å². The molecule has 0 unspecified atom stereocenters. The summed E-state index contributed by atoms with van der Waals surface area (Å²) in [4.78, 5) is 26.4. The van der Waals surface area contributed by atoms with Crippen molar-refractivity contribution in [3.8, 4) is 5.75 Å². The Bertz CT molecular complexity index is 730. The predicted molar refractivity (Wildman–Crippen MR) is 98.1 cm³/mol. The molecule has 0 saturated carbocycles. The summed E-state index contributed by atoms with van der Waals surface area (Å²) in [5.41, 5.74) is 1.71. The number of methoxy groups -OCH3 is 1. The molecule has 0 radical (unpaired) electrons. The number of para-hydroxylation sites is 1. The molecular formula is C19H22N2O3S. The number of amides is 2. The minimum atomic E-state index is -0.199. The molecule has 0 aliphatic carbocycles. The van der Waals surface area contributed by atoms with Gasteiger partial charge in [0.2, 0.25) is 5.91 Å². The molecule has 5 nitrogen and oxygen atoms in total. The molecule has 1 N–H and O–H groups in total. The van der Waals surface area contributed by atoms with E-state index in [1.54, 1.807) is 18.6 Å². The second-order valence-corrected chi connectivity index (χ2v) is 6.87. The normalized spacial score (nSPS) is 16.7. The summed E-state index contributed by atoms with van der Waals surface area (Å²) < 4.78 is 5.41. The van der Waals surface area contributed by atoms with Crippen LogP contribution < -0.4 is 10.1 Å². The molecule has 1 aromatic heterocycles. The lowest BCUT2D eigenvalue weighted by Gasteiger charge is -2.25. The van der Waals surface area contributed by atoms with Crippen LogP contribution >= 0.6 is 11.3 Å². The fourth-order valence-corrected chi connectivity index (χ4v) is 3.89. The van der Waals surface area contributed by atoms with Gasteiger partial charge in [0.25, 0.3) is 5.91 Å². The Morgan fingerprint density at radius 1 is 1.32 bits per heavy atom. The highest BCUT2D eigenvalue weighted by Crippen LogP contribution is 2.26. The van der Waals surface area contributed by atoms with Gasteiger partial charge in [-0.1, -0.05) is 18.2 Å². The number of nitrogens with one attached hydrogen (secondary N) is 1. The summed E-state index contributed by atoms with van der Waals surface area (Å²) in [7, 11) is 1.66. The van der Waals surface area contributed by atoms with Gasteiger partial charge in [-0.15, -0.1) is 0 Å². The van der Waals surface area contributed by atoms with E-state index in [-0.39, 0.29) is 24.4 Å². The highest BCUT2D eigenvalue weighted by Gasteiger charge is 2.29. The van der Waals surface area contributed by atoms with Gasteiger partial charge in [0.05, 0.1) is 13.7 Å². The largest absolute Gasteiger partial charge is 0.496 e. The monoisotopic (exact) mass is 358 g/mol. The van der Waals surface area contributed by atoms with Crippen molar-refractivity contribution in [1.82, 2.24) is 10.2 Å². The maximum atomic E-state index is 12.6. The Labute approximate surface area is 151 Å². The molecule has 1 saturated heterocycles. The van der Waals surface area contributed by atoms with Crippen molar-refractivity contribution in [2.45, 2.75) is 25.3 Å². The molecule has 0 spiro atoms. The Balaban J connectivity index is 1.59. The third-order valence-electron chi connectivity index (χ3n) is 4.53. The number of rotatable bonds is 6. The van der Waals surface area contributed by atoms with Gasteiger partial charge in [-0.2, -0.15) is 11.3 Å². The zero-order valence-corrected chi connectivity index (χ0v) is 15.1. The van der Waals surface area contributed by atoms with Crippen molar-refractivity contribution in [3.05, 3.63) is 52.2 Å². The number of nitrogens with zero attached hydrogens (tertiary/aromatic N) is 1. The molecule has 25 heavy (non-hydrogen) atoms. The molecule has 1 atom stereocenters. The molecule has 2 heterocycles. The van der Waals surface area contributed by atoms with E-state index in [0.717, 1.165) is 37.1 Å². The Morgan fingerprint density at radius 3 is 2.92 bits per heavy atom. The summed E-state index contributed by atoms with van der Waals surface area (Å²) in [6.07, 6.45) is 2.74. The van der Waals surface area contributed by atoms with Crippen molar-refractivity contribution in [2.24, 2.45) is 0 Å². The minimum absolute atomic E-state index is 0.0269. The van der Waals surface area contributed by atoms with E-state index in [9.17, 15) is 9.59 Å². The van der Waals surface area contributed by atoms with E-state index in [1.807, 2.05) is 34.5 Å². The lowest BCUT2D eigenvalue weighted by atomic mass is 10.0. The average molecular weight is 358 g/mol. The molecule has 132 valence electrons. The Morgan fingerprint density at radius 2 is 2.16 bits per heavy atom. The second-order valence-electron chi connectivity index (χ2n) is 6.09. The van der Waals surface area contributed by atoms with Gasteiger partial charge in [-0.3, -0.25) is 9.59 Å². The highest BCUT2D eigenvalue weighted by molar-refractivity contribution is 7.08. The SMILES string of the molecule is COc1ccccc1C[C@H]1CCCN1C(=O)CNC(=O)c1ccsc1. The van der Waals surface area contributed by atoms with E-state index in [2.05, 4.69) is 5.32 Å². The molecule has 3 rings (SSSR count). The summed E-state index contributed by atoms with van der Waals surface area (Å²) in [5, 5.41) is 6.35. The van der Waals surface area contributed by atoms with Crippen molar-refractivity contribution in [3.63, 3.8) is 0 Å². The highest BCUT2D eigenvalue weighted by atomic mass is 32.1. The first-order chi connectivity index (χ1) is 12.2. The molecule has 0 bridgehead atoms. The molecule has 6 heteroatoms. The summed E-state index contributed by atoms with van der Waals surface area (Å²) >= 11 is 1.46. The van der Waals surface area contributed by atoms with Crippen LogP contribution in [0.1, 0.15) is 28.8 Å². The number of benzene rings is 1. The lowest BCUT2D eigenvalue weighted by Crippen LogP contribution is -2.43. The van der Waals surface area contributed by atoms with Gasteiger partial charge < -0.3 is 15.0 Å². The molecule has 2 aromatic rings. The van der Waals surface area contributed by atoms with E-state index in [1.165, 1.54) is 11.3 Å². The van der Waals surface area contributed by atoms with Crippen molar-refractivity contribution < 1.29 is 14.3 Å².